The molecule has 7 rings (SSSR count). The van der Waals surface area contributed by atoms with Crippen molar-refractivity contribution in [3.8, 4) is 11.5 Å². The summed E-state index contributed by atoms with van der Waals surface area (Å²) in [5.74, 6) is -0.870. The van der Waals surface area contributed by atoms with Crippen molar-refractivity contribution in [1.29, 1.82) is 0 Å². The minimum atomic E-state index is -1.66. The number of methoxy groups -OCH3 is 2. The van der Waals surface area contributed by atoms with Crippen LogP contribution in [-0.2, 0) is 47.8 Å². The molecule has 410 valence electrons. The van der Waals surface area contributed by atoms with E-state index in [1.807, 2.05) is 107 Å². The lowest BCUT2D eigenvalue weighted by Crippen LogP contribution is -2.63. The van der Waals surface area contributed by atoms with Gasteiger partial charge in [-0.25, -0.2) is 25.6 Å². The van der Waals surface area contributed by atoms with Crippen LogP contribution in [0, 0.1) is 6.57 Å². The highest BCUT2D eigenvalue weighted by atomic mass is 31.2. The molecule has 1 aliphatic rings. The normalized spacial score (nSPS) is 17.7. The van der Waals surface area contributed by atoms with Gasteiger partial charge in [0, 0.05) is 12.1 Å². The van der Waals surface area contributed by atoms with Crippen LogP contribution in [0.15, 0.2) is 170 Å². The van der Waals surface area contributed by atoms with E-state index < -0.39 is 69.3 Å². The molecular formula is C61H67N2O14P. The summed E-state index contributed by atoms with van der Waals surface area (Å²) in [5, 5.41) is 0. The molecule has 0 spiro atoms. The maximum absolute atomic E-state index is 14.3. The maximum Gasteiger partial charge on any atom is 0.338 e. The molecule has 0 aliphatic carbocycles. The third kappa shape index (κ3) is 15.4. The van der Waals surface area contributed by atoms with E-state index in [0.29, 0.717) is 11.5 Å². The highest BCUT2D eigenvalue weighted by Crippen LogP contribution is 2.46. The van der Waals surface area contributed by atoms with Crippen LogP contribution >= 0.6 is 8.53 Å². The van der Waals surface area contributed by atoms with Gasteiger partial charge in [-0.2, -0.15) is 0 Å². The lowest BCUT2D eigenvalue weighted by Gasteiger charge is -2.45. The van der Waals surface area contributed by atoms with Gasteiger partial charge in [-0.15, -0.1) is 0 Å². The first-order chi connectivity index (χ1) is 38.0. The van der Waals surface area contributed by atoms with Crippen molar-refractivity contribution >= 4 is 26.4 Å². The van der Waals surface area contributed by atoms with Crippen LogP contribution in [0.1, 0.15) is 75.5 Å². The SMILES string of the molecule is [C-]#[N+]CCOP(OCCOC1C(COC(=O)c2ccccc2)OC(OCCOC(c2ccccc2)(c2ccc(OC)cc2)c2ccc(OC)cc2)C(OC(=O)c2ccccc2)C1OC(=O)c1ccccc1)N(C(C)C)C(C)C. The Morgan fingerprint density at radius 1 is 0.551 bits per heavy atom. The van der Waals surface area contributed by atoms with Gasteiger partial charge in [0.15, 0.2) is 18.5 Å². The van der Waals surface area contributed by atoms with Gasteiger partial charge in [0.1, 0.15) is 42.5 Å². The summed E-state index contributed by atoms with van der Waals surface area (Å²) >= 11 is 0. The summed E-state index contributed by atoms with van der Waals surface area (Å²) in [6, 6.07) is 50.1. The lowest BCUT2D eigenvalue weighted by molar-refractivity contribution is -0.307. The molecule has 6 aromatic rings. The molecule has 1 aliphatic heterocycles. The molecule has 0 saturated carbocycles. The van der Waals surface area contributed by atoms with Crippen molar-refractivity contribution in [2.24, 2.45) is 0 Å². The highest BCUT2D eigenvalue weighted by molar-refractivity contribution is 7.44. The van der Waals surface area contributed by atoms with Crippen molar-refractivity contribution < 1.29 is 66.1 Å². The van der Waals surface area contributed by atoms with E-state index in [1.165, 1.54) is 0 Å². The van der Waals surface area contributed by atoms with Crippen LogP contribution in [0.3, 0.4) is 0 Å². The van der Waals surface area contributed by atoms with Crippen LogP contribution in [0.25, 0.3) is 4.85 Å². The number of nitrogens with zero attached hydrogens (tertiary/aromatic N) is 2. The van der Waals surface area contributed by atoms with Gasteiger partial charge in [0.2, 0.25) is 6.54 Å². The van der Waals surface area contributed by atoms with E-state index in [2.05, 4.69) is 9.52 Å². The van der Waals surface area contributed by atoms with Gasteiger partial charge in [-0.05, 0) is 105 Å². The minimum absolute atomic E-state index is 0.0245. The summed E-state index contributed by atoms with van der Waals surface area (Å²) in [6.45, 7) is 14.9. The third-order valence-electron chi connectivity index (χ3n) is 12.6. The Hall–Kier alpha value is -7.03. The molecular weight excluding hydrogens is 1020 g/mol. The van der Waals surface area contributed by atoms with E-state index in [0.717, 1.165) is 16.7 Å². The largest absolute Gasteiger partial charge is 0.497 e. The molecule has 6 aromatic carbocycles. The molecule has 78 heavy (non-hydrogen) atoms. The van der Waals surface area contributed by atoms with Crippen LogP contribution in [-0.4, -0.2) is 126 Å². The zero-order valence-corrected chi connectivity index (χ0v) is 45.6. The number of benzene rings is 6. The van der Waals surface area contributed by atoms with Crippen molar-refractivity contribution in [3.63, 3.8) is 0 Å². The Morgan fingerprint density at radius 2 is 1.00 bits per heavy atom. The van der Waals surface area contributed by atoms with E-state index in [4.69, 9.17) is 58.3 Å². The van der Waals surface area contributed by atoms with Gasteiger partial charge < -0.3 is 56.5 Å². The molecule has 0 amide bonds. The standard InChI is InChI=1S/C61H67N2O14P/c1-43(2)63(44(3)4)78(73-37-36-62-5)74-41-39-69-54-53(42-71-57(64)45-20-12-8-13-21-45)75-60(56(77-59(66)47-24-16-10-17-25-47)55(54)76-58(65)46-22-14-9-15-23-46)70-38-40-72-61(48-26-18-11-19-27-48,49-28-32-51(67-6)33-29-49)50-30-34-52(68-7)35-31-50/h8-35,43-44,53-56,60H,36-42H2,1-4,6-7H3. The van der Waals surface area contributed by atoms with Crippen LogP contribution in [0.5, 0.6) is 11.5 Å². The summed E-state index contributed by atoms with van der Waals surface area (Å²) in [4.78, 5) is 45.7. The molecule has 16 nitrogen and oxygen atoms in total. The highest BCUT2D eigenvalue weighted by Gasteiger charge is 2.52. The van der Waals surface area contributed by atoms with Crippen LogP contribution in [0.2, 0.25) is 0 Å². The summed E-state index contributed by atoms with van der Waals surface area (Å²) in [7, 11) is 1.54. The quantitative estimate of drug-likeness (QED) is 0.0114. The molecule has 6 atom stereocenters. The predicted molar refractivity (Wildman–Crippen MR) is 293 cm³/mol. The van der Waals surface area contributed by atoms with Crippen LogP contribution < -0.4 is 9.47 Å². The van der Waals surface area contributed by atoms with Gasteiger partial charge in [-0.3, -0.25) is 0 Å². The Kier molecular flexibility index (Phi) is 22.3. The second-order valence-corrected chi connectivity index (χ2v) is 19.8. The molecule has 1 saturated heterocycles. The number of esters is 3. The first kappa shape index (κ1) is 58.6. The Bertz CT molecular complexity index is 2750. The number of hydrogen-bond acceptors (Lipinski definition) is 15. The van der Waals surface area contributed by atoms with Gasteiger partial charge in [-0.1, -0.05) is 109 Å². The number of carbonyl (C=O) groups excluding carboxylic acids is 3. The van der Waals surface area contributed by atoms with Crippen molar-refractivity contribution in [2.45, 2.75) is 76.1 Å². The van der Waals surface area contributed by atoms with Gasteiger partial charge >= 0.3 is 17.9 Å². The molecule has 6 unspecified atom stereocenters. The second kappa shape index (κ2) is 29.6. The Morgan fingerprint density at radius 3 is 1.49 bits per heavy atom. The average Bonchev–Trinajstić information content (AvgIpc) is 3.60. The van der Waals surface area contributed by atoms with E-state index in [1.54, 1.807) is 105 Å². The second-order valence-electron chi connectivity index (χ2n) is 18.4. The fraction of sp³-hybridized carbons (Fsp3) is 0.344. The predicted octanol–water partition coefficient (Wildman–Crippen LogP) is 10.7. The average molecular weight is 1080 g/mol. The van der Waals surface area contributed by atoms with Crippen molar-refractivity contribution in [3.05, 3.63) is 215 Å². The van der Waals surface area contributed by atoms with Gasteiger partial charge in [0.25, 0.3) is 8.53 Å². The zero-order chi connectivity index (χ0) is 55.3. The third-order valence-corrected chi connectivity index (χ3v) is 14.7. The molecule has 1 heterocycles. The van der Waals surface area contributed by atoms with Crippen molar-refractivity contribution in [1.82, 2.24) is 4.67 Å². The summed E-state index contributed by atoms with van der Waals surface area (Å²) < 4.78 is 71.6. The van der Waals surface area contributed by atoms with Crippen LogP contribution in [0.4, 0.5) is 0 Å². The maximum atomic E-state index is 14.3. The number of ether oxygens (including phenoxy) is 9. The van der Waals surface area contributed by atoms with E-state index in [9.17, 15) is 14.4 Å². The lowest BCUT2D eigenvalue weighted by atomic mass is 9.80. The summed E-state index contributed by atoms with van der Waals surface area (Å²) in [5.41, 5.74) is 1.85. The van der Waals surface area contributed by atoms with E-state index >= 15 is 0 Å². The zero-order valence-electron chi connectivity index (χ0n) is 44.7. The minimum Gasteiger partial charge on any atom is -0.497 e. The molecule has 0 N–H and O–H groups in total. The molecule has 0 bridgehead atoms. The Labute approximate surface area is 458 Å². The van der Waals surface area contributed by atoms with Crippen molar-refractivity contribution in [2.75, 3.05) is 60.4 Å². The van der Waals surface area contributed by atoms with Gasteiger partial charge in [0.05, 0.1) is 57.3 Å². The molecule has 0 aromatic heterocycles. The topological polar surface area (TPSA) is 160 Å². The Balaban J connectivity index is 1.26. The molecule has 1 fully saturated rings. The fourth-order valence-electron chi connectivity index (χ4n) is 9.00. The number of hydrogen-bond donors (Lipinski definition) is 0. The summed E-state index contributed by atoms with van der Waals surface area (Å²) in [6.07, 6.45) is -6.90. The first-order valence-corrected chi connectivity index (χ1v) is 26.9. The van der Waals surface area contributed by atoms with E-state index in [-0.39, 0.29) is 68.4 Å². The number of carbonyl (C=O) groups is 3. The fourth-order valence-corrected chi connectivity index (χ4v) is 10.6. The first-order valence-electron chi connectivity index (χ1n) is 25.8. The molecule has 17 heteroatoms. The monoisotopic (exact) mass is 1080 g/mol. The number of rotatable bonds is 28. The molecule has 0 radical (unpaired) electrons. The smallest absolute Gasteiger partial charge is 0.338 e.